The Labute approximate surface area is 161 Å². The molecule has 1 saturated carbocycles. The summed E-state index contributed by atoms with van der Waals surface area (Å²) >= 11 is 0. The fourth-order valence-electron chi connectivity index (χ4n) is 3.20. The number of carbonyl (C=O) groups is 1. The van der Waals surface area contributed by atoms with E-state index in [-0.39, 0.29) is 17.6 Å². The average Bonchev–Trinajstić information content (AvgIpc) is 3.45. The second kappa shape index (κ2) is 6.95. The van der Waals surface area contributed by atoms with Crippen LogP contribution in [0, 0.1) is 0 Å². The minimum atomic E-state index is -0.511. The minimum absolute atomic E-state index is 0.107. The molecule has 2 aromatic heterocycles. The molecule has 3 aromatic rings. The number of benzene rings is 1. The van der Waals surface area contributed by atoms with Gasteiger partial charge in [-0.25, -0.2) is 9.48 Å². The Bertz CT molecular complexity index is 1140. The highest BCUT2D eigenvalue weighted by molar-refractivity contribution is 5.92. The van der Waals surface area contributed by atoms with Crippen LogP contribution in [-0.2, 0) is 20.6 Å². The molecule has 1 aromatic carbocycles. The van der Waals surface area contributed by atoms with Crippen molar-refractivity contribution in [2.45, 2.75) is 25.4 Å². The summed E-state index contributed by atoms with van der Waals surface area (Å²) in [5, 5.41) is 4.38. The third kappa shape index (κ3) is 3.28. The SMILES string of the molecule is Cn1c(C(=O)N(Cc2cnn(-c3ccccc3)c2)C2CC2)cc(=O)n(C)c1=O. The fraction of sp³-hybridized carbons (Fsp3) is 0.300. The quantitative estimate of drug-likeness (QED) is 0.664. The van der Waals surface area contributed by atoms with Crippen molar-refractivity contribution in [3.63, 3.8) is 0 Å². The van der Waals surface area contributed by atoms with E-state index >= 15 is 0 Å². The van der Waals surface area contributed by atoms with Crippen molar-refractivity contribution < 1.29 is 4.79 Å². The second-order valence-electron chi connectivity index (χ2n) is 7.06. The van der Waals surface area contributed by atoms with Crippen LogP contribution >= 0.6 is 0 Å². The van der Waals surface area contributed by atoms with E-state index in [2.05, 4.69) is 5.10 Å². The van der Waals surface area contributed by atoms with Crippen LogP contribution < -0.4 is 11.2 Å². The van der Waals surface area contributed by atoms with Crippen molar-refractivity contribution in [1.29, 1.82) is 0 Å². The number of carbonyl (C=O) groups excluding carboxylic acids is 1. The summed E-state index contributed by atoms with van der Waals surface area (Å²) in [5.74, 6) is -0.313. The monoisotopic (exact) mass is 379 g/mol. The van der Waals surface area contributed by atoms with Crippen molar-refractivity contribution in [3.05, 3.63) is 80.9 Å². The molecule has 0 spiro atoms. The van der Waals surface area contributed by atoms with Crippen LogP contribution in [0.5, 0.6) is 0 Å². The Balaban J connectivity index is 1.63. The molecule has 0 bridgehead atoms. The van der Waals surface area contributed by atoms with Gasteiger partial charge < -0.3 is 4.90 Å². The zero-order chi connectivity index (χ0) is 19.8. The topological polar surface area (TPSA) is 82.1 Å². The second-order valence-corrected chi connectivity index (χ2v) is 7.06. The summed E-state index contributed by atoms with van der Waals surface area (Å²) in [7, 11) is 2.91. The maximum Gasteiger partial charge on any atom is 0.331 e. The van der Waals surface area contributed by atoms with Crippen LogP contribution in [0.15, 0.2) is 58.4 Å². The van der Waals surface area contributed by atoms with E-state index in [1.54, 1.807) is 15.8 Å². The van der Waals surface area contributed by atoms with Crippen molar-refractivity contribution in [2.75, 3.05) is 0 Å². The predicted molar refractivity (Wildman–Crippen MR) is 103 cm³/mol. The molecule has 1 aliphatic carbocycles. The molecule has 0 N–H and O–H groups in total. The Morgan fingerprint density at radius 2 is 1.86 bits per heavy atom. The number of para-hydroxylation sites is 1. The van der Waals surface area contributed by atoms with Gasteiger partial charge in [0.1, 0.15) is 5.69 Å². The Hall–Kier alpha value is -3.42. The highest BCUT2D eigenvalue weighted by atomic mass is 16.2. The fourth-order valence-corrected chi connectivity index (χ4v) is 3.20. The molecule has 8 heteroatoms. The molecule has 28 heavy (non-hydrogen) atoms. The average molecular weight is 379 g/mol. The first kappa shape index (κ1) is 18.0. The van der Waals surface area contributed by atoms with E-state index in [0.717, 1.165) is 28.7 Å². The van der Waals surface area contributed by atoms with Gasteiger partial charge in [0, 0.05) is 44.5 Å². The number of aromatic nitrogens is 4. The lowest BCUT2D eigenvalue weighted by molar-refractivity contribution is 0.0717. The van der Waals surface area contributed by atoms with E-state index in [4.69, 9.17) is 0 Å². The number of hydrogen-bond acceptors (Lipinski definition) is 4. The summed E-state index contributed by atoms with van der Waals surface area (Å²) in [6.07, 6.45) is 5.45. The number of amides is 1. The molecule has 0 atom stereocenters. The van der Waals surface area contributed by atoms with Crippen LogP contribution in [0.1, 0.15) is 28.9 Å². The van der Waals surface area contributed by atoms with Gasteiger partial charge in [-0.2, -0.15) is 5.10 Å². The smallest absolute Gasteiger partial charge is 0.330 e. The van der Waals surface area contributed by atoms with Gasteiger partial charge in [0.15, 0.2) is 0 Å². The van der Waals surface area contributed by atoms with Gasteiger partial charge in [0.05, 0.1) is 11.9 Å². The minimum Gasteiger partial charge on any atom is -0.330 e. The zero-order valence-electron chi connectivity index (χ0n) is 15.8. The maximum absolute atomic E-state index is 13.1. The van der Waals surface area contributed by atoms with Gasteiger partial charge in [-0.3, -0.25) is 18.7 Å². The molecule has 8 nitrogen and oxygen atoms in total. The van der Waals surface area contributed by atoms with Gasteiger partial charge in [0.25, 0.3) is 11.5 Å². The zero-order valence-corrected chi connectivity index (χ0v) is 15.8. The lowest BCUT2D eigenvalue weighted by atomic mass is 10.2. The van der Waals surface area contributed by atoms with Crippen molar-refractivity contribution in [2.24, 2.45) is 14.1 Å². The molecule has 1 amide bonds. The first-order valence-electron chi connectivity index (χ1n) is 9.12. The van der Waals surface area contributed by atoms with Gasteiger partial charge >= 0.3 is 5.69 Å². The summed E-state index contributed by atoms with van der Waals surface area (Å²) < 4.78 is 3.98. The van der Waals surface area contributed by atoms with Crippen molar-refractivity contribution >= 4 is 5.91 Å². The number of nitrogens with zero attached hydrogens (tertiary/aromatic N) is 5. The molecule has 0 aliphatic heterocycles. The molecule has 144 valence electrons. The number of hydrogen-bond donors (Lipinski definition) is 0. The van der Waals surface area contributed by atoms with Crippen LogP contribution in [0.25, 0.3) is 5.69 Å². The molecule has 4 rings (SSSR count). The molecule has 0 saturated heterocycles. The molecule has 1 aliphatic rings. The van der Waals surface area contributed by atoms with Crippen LogP contribution in [0.3, 0.4) is 0 Å². The highest BCUT2D eigenvalue weighted by Gasteiger charge is 2.34. The lowest BCUT2D eigenvalue weighted by Crippen LogP contribution is -2.42. The normalized spacial score (nSPS) is 13.5. The first-order chi connectivity index (χ1) is 13.5. The van der Waals surface area contributed by atoms with Crippen molar-refractivity contribution in [1.82, 2.24) is 23.8 Å². The van der Waals surface area contributed by atoms with Crippen molar-refractivity contribution in [3.8, 4) is 5.69 Å². The molecular formula is C20H21N5O3. The molecule has 0 radical (unpaired) electrons. The summed E-state index contributed by atoms with van der Waals surface area (Å²) in [5.41, 5.74) is 0.933. The van der Waals surface area contributed by atoms with E-state index in [9.17, 15) is 14.4 Å². The van der Waals surface area contributed by atoms with Gasteiger partial charge in [-0.05, 0) is 25.0 Å². The largest absolute Gasteiger partial charge is 0.331 e. The summed E-state index contributed by atoms with van der Waals surface area (Å²) in [6.45, 7) is 0.375. The van der Waals surface area contributed by atoms with Crippen LogP contribution in [0.2, 0.25) is 0 Å². The van der Waals surface area contributed by atoms with Crippen LogP contribution in [0.4, 0.5) is 0 Å². The van der Waals surface area contributed by atoms with E-state index in [1.165, 1.54) is 24.7 Å². The molecular weight excluding hydrogens is 358 g/mol. The lowest BCUT2D eigenvalue weighted by Gasteiger charge is -2.23. The van der Waals surface area contributed by atoms with E-state index < -0.39 is 11.2 Å². The van der Waals surface area contributed by atoms with Crippen LogP contribution in [-0.4, -0.2) is 35.8 Å². The maximum atomic E-state index is 13.1. The van der Waals surface area contributed by atoms with Gasteiger partial charge in [-0.1, -0.05) is 18.2 Å². The Morgan fingerprint density at radius 3 is 2.54 bits per heavy atom. The van der Waals surface area contributed by atoms with E-state index in [1.807, 2.05) is 36.5 Å². The van der Waals surface area contributed by atoms with E-state index in [0.29, 0.717) is 6.54 Å². The number of rotatable bonds is 5. The molecule has 2 heterocycles. The standard InChI is InChI=1S/C20H21N5O3/c1-22-17(10-18(26)23(2)20(22)28)19(27)24(15-8-9-15)12-14-11-21-25(13-14)16-6-4-3-5-7-16/h3-7,10-11,13,15H,8-9,12H2,1-2H3. The third-order valence-electron chi connectivity index (χ3n) is 5.00. The predicted octanol–water partition coefficient (Wildman–Crippen LogP) is 1.07. The third-order valence-corrected chi connectivity index (χ3v) is 5.00. The Morgan fingerprint density at radius 1 is 1.14 bits per heavy atom. The highest BCUT2D eigenvalue weighted by Crippen LogP contribution is 2.29. The summed E-state index contributed by atoms with van der Waals surface area (Å²) in [6, 6.07) is 11.1. The molecule has 1 fully saturated rings. The molecule has 0 unspecified atom stereocenters. The Kier molecular flexibility index (Phi) is 4.46. The van der Waals surface area contributed by atoms with Gasteiger partial charge in [0.2, 0.25) is 0 Å². The van der Waals surface area contributed by atoms with Gasteiger partial charge in [-0.15, -0.1) is 0 Å². The summed E-state index contributed by atoms with van der Waals surface area (Å²) in [4.78, 5) is 39.1. The first-order valence-corrected chi connectivity index (χ1v) is 9.12.